The van der Waals surface area contributed by atoms with Gasteiger partial charge in [0.05, 0.1) is 0 Å². The molecule has 2 heteroatoms. The molecule has 0 aromatic heterocycles. The minimum absolute atomic E-state index is 0.748. The summed E-state index contributed by atoms with van der Waals surface area (Å²) in [6, 6.07) is 1.68. The normalized spacial score (nSPS) is 31.9. The van der Waals surface area contributed by atoms with Crippen molar-refractivity contribution in [3.8, 4) is 0 Å². The Bertz CT molecular complexity index is 279. The highest BCUT2D eigenvalue weighted by Gasteiger charge is 2.35. The van der Waals surface area contributed by atoms with Crippen molar-refractivity contribution in [2.24, 2.45) is 11.8 Å². The van der Waals surface area contributed by atoms with Gasteiger partial charge < -0.3 is 5.32 Å². The molecule has 2 aliphatic carbocycles. The van der Waals surface area contributed by atoms with Crippen LogP contribution in [0.2, 0.25) is 0 Å². The molecular formula is C18H34N2. The Balaban J connectivity index is 1.56. The number of nitrogens with zero attached hydrogens (tertiary/aromatic N) is 1. The average molecular weight is 278 g/mol. The van der Waals surface area contributed by atoms with Crippen LogP contribution in [0.5, 0.6) is 0 Å². The van der Waals surface area contributed by atoms with Crippen LogP contribution < -0.4 is 5.32 Å². The minimum atomic E-state index is 0.748. The third-order valence-corrected chi connectivity index (χ3v) is 6.38. The van der Waals surface area contributed by atoms with E-state index in [1.807, 2.05) is 0 Å². The first-order valence-electron chi connectivity index (χ1n) is 9.30. The van der Waals surface area contributed by atoms with Gasteiger partial charge >= 0.3 is 0 Å². The van der Waals surface area contributed by atoms with Gasteiger partial charge in [0.25, 0.3) is 0 Å². The Hall–Kier alpha value is -0.0800. The Labute approximate surface area is 125 Å². The van der Waals surface area contributed by atoms with Crippen LogP contribution in [0.3, 0.4) is 0 Å². The standard InChI is InChI=1S/C18H34N2/c1-19-17(15-8-3-2-4-9-15)14-20-13-7-12-18(20)16-10-5-6-11-16/h15-19H,2-14H2,1H3. The van der Waals surface area contributed by atoms with Gasteiger partial charge in [-0.05, 0) is 64.0 Å². The molecule has 0 amide bonds. The second-order valence-corrected chi connectivity index (χ2v) is 7.54. The zero-order valence-electron chi connectivity index (χ0n) is 13.4. The van der Waals surface area contributed by atoms with E-state index in [4.69, 9.17) is 0 Å². The van der Waals surface area contributed by atoms with Gasteiger partial charge in [0.2, 0.25) is 0 Å². The molecule has 1 saturated heterocycles. The maximum absolute atomic E-state index is 3.67. The van der Waals surface area contributed by atoms with Crippen molar-refractivity contribution in [1.29, 1.82) is 0 Å². The molecule has 2 unspecified atom stereocenters. The van der Waals surface area contributed by atoms with Crippen LogP contribution in [-0.4, -0.2) is 37.1 Å². The fraction of sp³-hybridized carbons (Fsp3) is 1.00. The van der Waals surface area contributed by atoms with Gasteiger partial charge in [-0.2, -0.15) is 0 Å². The molecule has 20 heavy (non-hydrogen) atoms. The zero-order valence-corrected chi connectivity index (χ0v) is 13.4. The largest absolute Gasteiger partial charge is 0.315 e. The van der Waals surface area contributed by atoms with E-state index in [1.165, 1.54) is 83.7 Å². The van der Waals surface area contributed by atoms with Crippen LogP contribution >= 0.6 is 0 Å². The van der Waals surface area contributed by atoms with E-state index >= 15 is 0 Å². The summed E-state index contributed by atoms with van der Waals surface area (Å²) in [5, 5.41) is 3.67. The molecule has 2 saturated carbocycles. The Kier molecular flexibility index (Phi) is 5.39. The molecule has 1 aliphatic heterocycles. The van der Waals surface area contributed by atoms with E-state index in [-0.39, 0.29) is 0 Å². The van der Waals surface area contributed by atoms with Gasteiger partial charge in [0.1, 0.15) is 0 Å². The quantitative estimate of drug-likeness (QED) is 0.822. The van der Waals surface area contributed by atoms with E-state index in [2.05, 4.69) is 17.3 Å². The van der Waals surface area contributed by atoms with Crippen molar-refractivity contribution in [2.75, 3.05) is 20.1 Å². The van der Waals surface area contributed by atoms with E-state index in [0.29, 0.717) is 0 Å². The lowest BCUT2D eigenvalue weighted by Crippen LogP contribution is -2.47. The number of hydrogen-bond acceptors (Lipinski definition) is 2. The Morgan fingerprint density at radius 2 is 1.60 bits per heavy atom. The number of likely N-dealkylation sites (tertiary alicyclic amines) is 1. The predicted octanol–water partition coefficient (Wildman–Crippen LogP) is 3.81. The molecule has 1 heterocycles. The molecular weight excluding hydrogens is 244 g/mol. The van der Waals surface area contributed by atoms with Crippen molar-refractivity contribution in [3.63, 3.8) is 0 Å². The second-order valence-electron chi connectivity index (χ2n) is 7.54. The zero-order chi connectivity index (χ0) is 13.8. The van der Waals surface area contributed by atoms with Crippen LogP contribution in [0, 0.1) is 11.8 Å². The molecule has 3 aliphatic rings. The molecule has 116 valence electrons. The summed E-state index contributed by atoms with van der Waals surface area (Å²) < 4.78 is 0. The van der Waals surface area contributed by atoms with Crippen molar-refractivity contribution in [1.82, 2.24) is 10.2 Å². The number of hydrogen-bond donors (Lipinski definition) is 1. The van der Waals surface area contributed by atoms with Crippen molar-refractivity contribution in [3.05, 3.63) is 0 Å². The van der Waals surface area contributed by atoms with Crippen LogP contribution in [-0.2, 0) is 0 Å². The minimum Gasteiger partial charge on any atom is -0.315 e. The maximum atomic E-state index is 3.67. The molecule has 0 aromatic rings. The van der Waals surface area contributed by atoms with Crippen LogP contribution in [0.4, 0.5) is 0 Å². The maximum Gasteiger partial charge on any atom is 0.0220 e. The SMILES string of the molecule is CNC(CN1CCCC1C1CCCC1)C1CCCCC1. The summed E-state index contributed by atoms with van der Waals surface area (Å²) in [6.45, 7) is 2.69. The van der Waals surface area contributed by atoms with Gasteiger partial charge in [0.15, 0.2) is 0 Å². The fourth-order valence-corrected chi connectivity index (χ4v) is 5.22. The van der Waals surface area contributed by atoms with Crippen molar-refractivity contribution >= 4 is 0 Å². The number of likely N-dealkylation sites (N-methyl/N-ethyl adjacent to an activating group) is 1. The van der Waals surface area contributed by atoms with Gasteiger partial charge in [0, 0.05) is 18.6 Å². The summed E-state index contributed by atoms with van der Waals surface area (Å²) >= 11 is 0. The molecule has 1 N–H and O–H groups in total. The van der Waals surface area contributed by atoms with Crippen LogP contribution in [0.25, 0.3) is 0 Å². The second kappa shape index (κ2) is 7.26. The van der Waals surface area contributed by atoms with Gasteiger partial charge in [-0.1, -0.05) is 32.1 Å². The lowest BCUT2D eigenvalue weighted by molar-refractivity contribution is 0.145. The third kappa shape index (κ3) is 3.39. The first-order chi connectivity index (χ1) is 9.88. The molecule has 0 aromatic carbocycles. The van der Waals surface area contributed by atoms with Crippen molar-refractivity contribution < 1.29 is 0 Å². The number of nitrogens with one attached hydrogen (secondary N) is 1. The highest BCUT2D eigenvalue weighted by molar-refractivity contribution is 4.91. The summed E-state index contributed by atoms with van der Waals surface area (Å²) in [5.74, 6) is 1.97. The molecule has 0 radical (unpaired) electrons. The van der Waals surface area contributed by atoms with Crippen LogP contribution in [0.15, 0.2) is 0 Å². The Morgan fingerprint density at radius 1 is 0.900 bits per heavy atom. The average Bonchev–Trinajstić information content (AvgIpc) is 3.16. The van der Waals surface area contributed by atoms with Crippen molar-refractivity contribution in [2.45, 2.75) is 82.7 Å². The lowest BCUT2D eigenvalue weighted by Gasteiger charge is -2.36. The molecule has 2 atom stereocenters. The first kappa shape index (κ1) is 14.8. The Morgan fingerprint density at radius 3 is 2.30 bits per heavy atom. The predicted molar refractivity (Wildman–Crippen MR) is 86.0 cm³/mol. The summed E-state index contributed by atoms with van der Waals surface area (Å²) in [7, 11) is 2.19. The van der Waals surface area contributed by atoms with E-state index in [1.54, 1.807) is 0 Å². The summed E-state index contributed by atoms with van der Waals surface area (Å²) in [4.78, 5) is 2.87. The number of rotatable bonds is 5. The molecule has 0 bridgehead atoms. The van der Waals surface area contributed by atoms with E-state index in [9.17, 15) is 0 Å². The highest BCUT2D eigenvalue weighted by atomic mass is 15.2. The third-order valence-electron chi connectivity index (χ3n) is 6.38. The highest BCUT2D eigenvalue weighted by Crippen LogP contribution is 2.36. The van der Waals surface area contributed by atoms with E-state index in [0.717, 1.165) is 23.9 Å². The summed E-state index contributed by atoms with van der Waals surface area (Å²) in [6.07, 6.45) is 16.3. The van der Waals surface area contributed by atoms with E-state index < -0.39 is 0 Å². The van der Waals surface area contributed by atoms with Gasteiger partial charge in [-0.3, -0.25) is 4.90 Å². The first-order valence-corrected chi connectivity index (χ1v) is 9.30. The molecule has 3 rings (SSSR count). The molecule has 0 spiro atoms. The van der Waals surface area contributed by atoms with Crippen LogP contribution in [0.1, 0.15) is 70.6 Å². The summed E-state index contributed by atoms with van der Waals surface area (Å²) in [5.41, 5.74) is 0. The molecule has 3 fully saturated rings. The molecule has 2 nitrogen and oxygen atoms in total. The lowest BCUT2D eigenvalue weighted by atomic mass is 9.83. The van der Waals surface area contributed by atoms with Gasteiger partial charge in [-0.15, -0.1) is 0 Å². The van der Waals surface area contributed by atoms with Gasteiger partial charge in [-0.25, -0.2) is 0 Å². The monoisotopic (exact) mass is 278 g/mol. The topological polar surface area (TPSA) is 15.3 Å². The smallest absolute Gasteiger partial charge is 0.0220 e. The fourth-order valence-electron chi connectivity index (χ4n) is 5.22.